The summed E-state index contributed by atoms with van der Waals surface area (Å²) in [5.74, 6) is 2.37. The smallest absolute Gasteiger partial charge is 0.261 e. The minimum Gasteiger partial charge on any atom is -0.491 e. The predicted octanol–water partition coefficient (Wildman–Crippen LogP) is 7.68. The number of hydrogen-bond donors (Lipinski definition) is 1. The first kappa shape index (κ1) is 32.6. The lowest BCUT2D eigenvalue weighted by atomic mass is 9.84. The lowest BCUT2D eigenvalue weighted by molar-refractivity contribution is 0.117. The Balaban J connectivity index is 0.000000945. The molecule has 1 saturated heterocycles. The summed E-state index contributed by atoms with van der Waals surface area (Å²) >= 11 is 0. The molecule has 2 aliphatic rings. The number of aliphatic hydroxyl groups excluding tert-OH is 1. The molecule has 1 N–H and O–H groups in total. The van der Waals surface area contributed by atoms with Gasteiger partial charge in [-0.3, -0.25) is 9.36 Å². The summed E-state index contributed by atoms with van der Waals surface area (Å²) in [6.07, 6.45) is 8.68. The average molecular weight is 616 g/mol. The van der Waals surface area contributed by atoms with E-state index < -0.39 is 5.82 Å². The fourth-order valence-electron chi connectivity index (χ4n) is 5.96. The normalized spacial score (nSPS) is 16.9. The summed E-state index contributed by atoms with van der Waals surface area (Å²) in [5, 5.41) is 9.50. The van der Waals surface area contributed by atoms with Crippen LogP contribution in [0.25, 0.3) is 22.3 Å². The highest BCUT2D eigenvalue weighted by Gasteiger charge is 2.27. The summed E-state index contributed by atoms with van der Waals surface area (Å²) in [7, 11) is 0. The van der Waals surface area contributed by atoms with Gasteiger partial charge in [0.2, 0.25) is 0 Å². The van der Waals surface area contributed by atoms with Crippen LogP contribution in [0, 0.1) is 17.7 Å². The standard InChI is InChI=1S/C33H36FN3O4.C4H10/c34-30-19-26(40-17-16-38)11-13-28(30)32-35-31-14-12-27(41-25-9-2-1-3-10-25)18-29(31)33(39)37(32)22-24-8-5-15-36(21-24)20-23-6-4-7-23;1-3-4-2/h1-3,9-14,18-19,23-24,38H,4-8,15-17,20-22H2;3-4H2,1-2H3. The topological polar surface area (TPSA) is 76.8 Å². The quantitative estimate of drug-likeness (QED) is 0.187. The maximum atomic E-state index is 15.5. The number of halogens is 1. The number of aliphatic hydroxyl groups is 1. The van der Waals surface area contributed by atoms with Gasteiger partial charge in [0, 0.05) is 25.7 Å². The fraction of sp³-hybridized carbons (Fsp3) is 0.459. The second kappa shape index (κ2) is 16.0. The highest BCUT2D eigenvalue weighted by atomic mass is 19.1. The molecule has 240 valence electrons. The molecule has 0 amide bonds. The number of rotatable bonds is 11. The van der Waals surface area contributed by atoms with Crippen LogP contribution in [-0.4, -0.2) is 52.4 Å². The van der Waals surface area contributed by atoms with Gasteiger partial charge in [0.15, 0.2) is 0 Å². The number of para-hydroxylation sites is 1. The first-order valence-electron chi connectivity index (χ1n) is 16.5. The molecule has 1 saturated carbocycles. The number of ether oxygens (including phenoxy) is 2. The van der Waals surface area contributed by atoms with E-state index in [2.05, 4.69) is 18.7 Å². The van der Waals surface area contributed by atoms with Crippen LogP contribution in [-0.2, 0) is 6.54 Å². The van der Waals surface area contributed by atoms with E-state index in [1.807, 2.05) is 30.3 Å². The Morgan fingerprint density at radius 1 is 0.889 bits per heavy atom. The van der Waals surface area contributed by atoms with Crippen LogP contribution in [0.5, 0.6) is 17.2 Å². The van der Waals surface area contributed by atoms with Gasteiger partial charge in [0.05, 0.1) is 23.1 Å². The summed E-state index contributed by atoms with van der Waals surface area (Å²) in [5.41, 5.74) is 0.517. The number of likely N-dealkylation sites (tertiary alicyclic amines) is 1. The van der Waals surface area contributed by atoms with Crippen molar-refractivity contribution in [2.24, 2.45) is 11.8 Å². The Morgan fingerprint density at radius 3 is 2.33 bits per heavy atom. The largest absolute Gasteiger partial charge is 0.491 e. The molecule has 0 spiro atoms. The van der Waals surface area contributed by atoms with E-state index in [0.717, 1.165) is 38.4 Å². The molecule has 0 radical (unpaired) electrons. The predicted molar refractivity (Wildman–Crippen MR) is 178 cm³/mol. The van der Waals surface area contributed by atoms with Crippen molar-refractivity contribution in [1.29, 1.82) is 0 Å². The SMILES string of the molecule is CCCC.O=c1c2cc(Oc3ccccc3)ccc2nc(-c2ccc(OCCO)cc2F)n1CC1CCCN(CC2CCC2)C1. The number of fused-ring (bicyclic) bond motifs is 1. The molecular formula is C37H46FN3O4. The molecule has 2 fully saturated rings. The second-order valence-electron chi connectivity index (χ2n) is 12.2. The van der Waals surface area contributed by atoms with E-state index in [4.69, 9.17) is 19.6 Å². The minimum absolute atomic E-state index is 0.0736. The second-order valence-corrected chi connectivity index (χ2v) is 12.2. The van der Waals surface area contributed by atoms with Gasteiger partial charge in [-0.05, 0) is 86.5 Å². The maximum Gasteiger partial charge on any atom is 0.261 e. The average Bonchev–Trinajstić information content (AvgIpc) is 3.04. The lowest BCUT2D eigenvalue weighted by Crippen LogP contribution is -2.42. The van der Waals surface area contributed by atoms with Gasteiger partial charge in [0.25, 0.3) is 5.56 Å². The van der Waals surface area contributed by atoms with Gasteiger partial charge < -0.3 is 19.5 Å². The van der Waals surface area contributed by atoms with E-state index in [9.17, 15) is 4.79 Å². The van der Waals surface area contributed by atoms with Crippen molar-refractivity contribution >= 4 is 10.9 Å². The molecule has 6 rings (SSSR count). The summed E-state index contributed by atoms with van der Waals surface area (Å²) in [6.45, 7) is 7.87. The van der Waals surface area contributed by atoms with Crippen molar-refractivity contribution in [1.82, 2.24) is 14.5 Å². The molecule has 3 aromatic carbocycles. The molecule has 1 aromatic heterocycles. The molecule has 2 heterocycles. The Labute approximate surface area is 265 Å². The van der Waals surface area contributed by atoms with Crippen molar-refractivity contribution in [3.05, 3.63) is 82.9 Å². The third kappa shape index (κ3) is 8.50. The number of nitrogens with zero attached hydrogens (tertiary/aromatic N) is 3. The van der Waals surface area contributed by atoms with Gasteiger partial charge in [-0.1, -0.05) is 51.3 Å². The van der Waals surface area contributed by atoms with E-state index in [1.54, 1.807) is 34.9 Å². The van der Waals surface area contributed by atoms with E-state index in [0.29, 0.717) is 40.5 Å². The van der Waals surface area contributed by atoms with Crippen LogP contribution in [0.4, 0.5) is 4.39 Å². The van der Waals surface area contributed by atoms with E-state index >= 15 is 4.39 Å². The number of unbranched alkanes of at least 4 members (excludes halogenated alkanes) is 1. The Bertz CT molecular complexity index is 1590. The van der Waals surface area contributed by atoms with Gasteiger partial charge in [-0.25, -0.2) is 9.37 Å². The number of aromatic nitrogens is 2. The summed E-state index contributed by atoms with van der Waals surface area (Å²) in [4.78, 5) is 21.5. The van der Waals surface area contributed by atoms with E-state index in [1.165, 1.54) is 38.2 Å². The Kier molecular flexibility index (Phi) is 11.6. The van der Waals surface area contributed by atoms with Crippen LogP contribution in [0.15, 0.2) is 71.5 Å². The van der Waals surface area contributed by atoms with Crippen LogP contribution >= 0.6 is 0 Å². The zero-order valence-electron chi connectivity index (χ0n) is 26.6. The fourth-order valence-corrected chi connectivity index (χ4v) is 5.96. The van der Waals surface area contributed by atoms with Crippen LogP contribution in [0.1, 0.15) is 58.8 Å². The molecule has 4 aromatic rings. The number of piperidine rings is 1. The first-order valence-corrected chi connectivity index (χ1v) is 16.5. The molecule has 7 nitrogen and oxygen atoms in total. The highest BCUT2D eigenvalue weighted by molar-refractivity contribution is 5.81. The van der Waals surface area contributed by atoms with Gasteiger partial charge in [-0.2, -0.15) is 0 Å². The van der Waals surface area contributed by atoms with Crippen molar-refractivity contribution < 1.29 is 19.0 Å². The van der Waals surface area contributed by atoms with Crippen LogP contribution in [0.2, 0.25) is 0 Å². The zero-order chi connectivity index (χ0) is 31.6. The highest BCUT2D eigenvalue weighted by Crippen LogP contribution is 2.31. The van der Waals surface area contributed by atoms with Crippen LogP contribution < -0.4 is 15.0 Å². The molecular weight excluding hydrogens is 569 g/mol. The van der Waals surface area contributed by atoms with Crippen molar-refractivity contribution in [2.45, 2.75) is 65.3 Å². The zero-order valence-corrected chi connectivity index (χ0v) is 26.6. The van der Waals surface area contributed by atoms with Gasteiger partial charge >= 0.3 is 0 Å². The third-order valence-corrected chi connectivity index (χ3v) is 8.73. The van der Waals surface area contributed by atoms with Gasteiger partial charge in [0.1, 0.15) is 35.5 Å². The van der Waals surface area contributed by atoms with Crippen molar-refractivity contribution in [3.63, 3.8) is 0 Å². The molecule has 8 heteroatoms. The lowest BCUT2D eigenvalue weighted by Gasteiger charge is -2.37. The number of hydrogen-bond acceptors (Lipinski definition) is 6. The minimum atomic E-state index is -0.528. The molecule has 1 aliphatic heterocycles. The first-order chi connectivity index (χ1) is 22.0. The molecule has 1 atom stereocenters. The molecule has 1 unspecified atom stereocenters. The molecule has 1 aliphatic carbocycles. The Hall–Kier alpha value is -3.75. The monoisotopic (exact) mass is 615 g/mol. The molecule has 45 heavy (non-hydrogen) atoms. The third-order valence-electron chi connectivity index (χ3n) is 8.73. The van der Waals surface area contributed by atoms with Crippen molar-refractivity contribution in [2.75, 3.05) is 32.8 Å². The number of benzene rings is 3. The molecule has 0 bridgehead atoms. The van der Waals surface area contributed by atoms with Gasteiger partial charge in [-0.15, -0.1) is 0 Å². The maximum absolute atomic E-state index is 15.5. The van der Waals surface area contributed by atoms with E-state index in [-0.39, 0.29) is 30.3 Å². The van der Waals surface area contributed by atoms with Crippen molar-refractivity contribution in [3.8, 4) is 28.6 Å². The Morgan fingerprint density at radius 2 is 1.64 bits per heavy atom. The summed E-state index contributed by atoms with van der Waals surface area (Å²) < 4.78 is 28.5. The van der Waals surface area contributed by atoms with Crippen LogP contribution in [0.3, 0.4) is 0 Å². The summed E-state index contributed by atoms with van der Waals surface area (Å²) in [6, 6.07) is 19.2.